The Hall–Kier alpha value is -2.41. The fourth-order valence-corrected chi connectivity index (χ4v) is 2.49. The molecule has 0 unspecified atom stereocenters. The van der Waals surface area contributed by atoms with E-state index in [0.717, 1.165) is 4.90 Å². The van der Waals surface area contributed by atoms with Crippen LogP contribution in [0, 0.1) is 15.9 Å². The Balaban J connectivity index is 2.04. The zero-order chi connectivity index (χ0) is 15.4. The summed E-state index contributed by atoms with van der Waals surface area (Å²) < 4.78 is 13.5. The van der Waals surface area contributed by atoms with Gasteiger partial charge in [-0.15, -0.1) is 11.8 Å². The molecule has 0 aliphatic rings. The van der Waals surface area contributed by atoms with Crippen molar-refractivity contribution >= 4 is 23.4 Å². The molecule has 0 aliphatic carbocycles. The molecule has 0 heterocycles. The van der Waals surface area contributed by atoms with Crippen LogP contribution >= 0.6 is 11.8 Å². The van der Waals surface area contributed by atoms with Gasteiger partial charge in [-0.3, -0.25) is 10.1 Å². The average Bonchev–Trinajstić information content (AvgIpc) is 2.45. The molecule has 2 rings (SSSR count). The Morgan fingerprint density at radius 2 is 1.90 bits per heavy atom. The van der Waals surface area contributed by atoms with Gasteiger partial charge in [0.25, 0.3) is 5.69 Å². The molecule has 0 atom stereocenters. The molecule has 0 spiro atoms. The van der Waals surface area contributed by atoms with Gasteiger partial charge in [0.1, 0.15) is 5.82 Å². The van der Waals surface area contributed by atoms with E-state index in [1.54, 1.807) is 18.2 Å². The van der Waals surface area contributed by atoms with Crippen LogP contribution in [0.1, 0.15) is 15.9 Å². The van der Waals surface area contributed by atoms with Gasteiger partial charge in [-0.25, -0.2) is 9.18 Å². The van der Waals surface area contributed by atoms with E-state index in [1.807, 2.05) is 0 Å². The summed E-state index contributed by atoms with van der Waals surface area (Å²) in [6.45, 7) is 0. The monoisotopic (exact) mass is 307 g/mol. The highest BCUT2D eigenvalue weighted by molar-refractivity contribution is 7.98. The number of nitrogens with zero attached hydrogens (tertiary/aromatic N) is 1. The van der Waals surface area contributed by atoms with E-state index in [-0.39, 0.29) is 11.3 Å². The van der Waals surface area contributed by atoms with Crippen LogP contribution in [-0.4, -0.2) is 16.0 Å². The fourth-order valence-electron chi connectivity index (χ4n) is 1.65. The van der Waals surface area contributed by atoms with Gasteiger partial charge in [0.05, 0.1) is 10.5 Å². The second-order valence-electron chi connectivity index (χ2n) is 4.16. The summed E-state index contributed by atoms with van der Waals surface area (Å²) in [4.78, 5) is 21.6. The topological polar surface area (TPSA) is 80.4 Å². The van der Waals surface area contributed by atoms with Gasteiger partial charge in [-0.05, 0) is 29.8 Å². The summed E-state index contributed by atoms with van der Waals surface area (Å²) in [6.07, 6.45) is 0. The molecule has 0 amide bonds. The molecule has 0 aromatic heterocycles. The molecule has 7 heteroatoms. The van der Waals surface area contributed by atoms with Gasteiger partial charge < -0.3 is 5.11 Å². The lowest BCUT2D eigenvalue weighted by atomic mass is 10.1. The average molecular weight is 307 g/mol. The summed E-state index contributed by atoms with van der Waals surface area (Å²) in [6, 6.07) is 9.98. The van der Waals surface area contributed by atoms with Gasteiger partial charge in [0.15, 0.2) is 0 Å². The molecular formula is C14H10FNO4S. The summed E-state index contributed by atoms with van der Waals surface area (Å²) in [7, 11) is 0. The molecule has 5 nitrogen and oxygen atoms in total. The van der Waals surface area contributed by atoms with E-state index in [2.05, 4.69) is 0 Å². The van der Waals surface area contributed by atoms with Crippen molar-refractivity contribution in [1.82, 2.24) is 0 Å². The van der Waals surface area contributed by atoms with Gasteiger partial charge in [-0.1, -0.05) is 6.07 Å². The third-order valence-electron chi connectivity index (χ3n) is 2.72. The summed E-state index contributed by atoms with van der Waals surface area (Å²) in [5.74, 6) is -1.64. The lowest BCUT2D eigenvalue weighted by Gasteiger charge is -2.04. The number of aromatic carboxylic acids is 1. The van der Waals surface area contributed by atoms with E-state index >= 15 is 0 Å². The number of halogens is 1. The number of non-ortho nitro benzene ring substituents is 1. The Morgan fingerprint density at radius 3 is 2.43 bits per heavy atom. The van der Waals surface area contributed by atoms with Crippen LogP contribution in [0.25, 0.3) is 0 Å². The number of thioether (sulfide) groups is 1. The number of hydrogen-bond acceptors (Lipinski definition) is 4. The van der Waals surface area contributed by atoms with E-state index in [1.165, 1.54) is 36.0 Å². The lowest BCUT2D eigenvalue weighted by molar-refractivity contribution is -0.384. The van der Waals surface area contributed by atoms with Gasteiger partial charge >= 0.3 is 5.97 Å². The number of carbonyl (C=O) groups is 1. The van der Waals surface area contributed by atoms with Gasteiger partial charge in [0.2, 0.25) is 0 Å². The highest BCUT2D eigenvalue weighted by atomic mass is 32.2. The van der Waals surface area contributed by atoms with Crippen LogP contribution in [0.15, 0.2) is 47.4 Å². The Morgan fingerprint density at radius 1 is 1.24 bits per heavy atom. The maximum Gasteiger partial charge on any atom is 0.338 e. The zero-order valence-corrected chi connectivity index (χ0v) is 11.5. The fraction of sp³-hybridized carbons (Fsp3) is 0.0714. The van der Waals surface area contributed by atoms with E-state index in [0.29, 0.717) is 11.3 Å². The number of rotatable bonds is 5. The molecule has 0 radical (unpaired) electrons. The second-order valence-corrected chi connectivity index (χ2v) is 5.21. The molecule has 1 N–H and O–H groups in total. The van der Waals surface area contributed by atoms with Crippen LogP contribution in [0.3, 0.4) is 0 Å². The molecule has 108 valence electrons. The van der Waals surface area contributed by atoms with Crippen LogP contribution in [0.5, 0.6) is 0 Å². The molecule has 0 fully saturated rings. The third kappa shape index (κ3) is 3.79. The maximum absolute atomic E-state index is 13.5. The highest BCUT2D eigenvalue weighted by Gasteiger charge is 2.10. The summed E-state index contributed by atoms with van der Waals surface area (Å²) >= 11 is 1.38. The minimum absolute atomic E-state index is 0.0104. The number of hydrogen-bond donors (Lipinski definition) is 1. The third-order valence-corrected chi connectivity index (χ3v) is 3.80. The van der Waals surface area contributed by atoms with Crippen LogP contribution < -0.4 is 0 Å². The molecule has 21 heavy (non-hydrogen) atoms. The van der Waals surface area contributed by atoms with Crippen molar-refractivity contribution in [3.8, 4) is 0 Å². The van der Waals surface area contributed by atoms with Crippen LogP contribution in [-0.2, 0) is 5.75 Å². The lowest BCUT2D eigenvalue weighted by Crippen LogP contribution is -2.00. The predicted molar refractivity (Wildman–Crippen MR) is 76.0 cm³/mol. The minimum atomic E-state index is -1.30. The number of nitro benzene ring substituents is 1. The molecule has 0 saturated heterocycles. The van der Waals surface area contributed by atoms with Crippen molar-refractivity contribution in [1.29, 1.82) is 0 Å². The first-order valence-corrected chi connectivity index (χ1v) is 6.85. The largest absolute Gasteiger partial charge is 0.478 e. The number of nitro groups is 1. The highest BCUT2D eigenvalue weighted by Crippen LogP contribution is 2.25. The number of benzene rings is 2. The molecular weight excluding hydrogens is 297 g/mol. The first-order chi connectivity index (χ1) is 9.97. The molecule has 0 aliphatic heterocycles. The van der Waals surface area contributed by atoms with Crippen molar-refractivity contribution in [2.24, 2.45) is 0 Å². The minimum Gasteiger partial charge on any atom is -0.478 e. The standard InChI is InChI=1S/C14H10FNO4S/c15-13-7-9(1-6-12(13)14(17)18)8-21-11-4-2-10(3-5-11)16(19)20/h1-7H,8H2,(H,17,18). The Bertz CT molecular complexity index is 688. The van der Waals surface area contributed by atoms with E-state index in [4.69, 9.17) is 5.11 Å². The summed E-state index contributed by atoms with van der Waals surface area (Å²) in [5, 5.41) is 19.3. The first kappa shape index (κ1) is 15.0. The van der Waals surface area contributed by atoms with Crippen molar-refractivity contribution in [2.45, 2.75) is 10.6 Å². The van der Waals surface area contributed by atoms with Crippen molar-refractivity contribution in [3.63, 3.8) is 0 Å². The van der Waals surface area contributed by atoms with Crippen molar-refractivity contribution in [3.05, 3.63) is 69.5 Å². The van der Waals surface area contributed by atoms with Gasteiger partial charge in [0, 0.05) is 22.8 Å². The van der Waals surface area contributed by atoms with Crippen molar-refractivity contribution in [2.75, 3.05) is 0 Å². The molecule has 0 bridgehead atoms. The predicted octanol–water partition coefficient (Wildman–Crippen LogP) is 3.72. The van der Waals surface area contributed by atoms with E-state index in [9.17, 15) is 19.3 Å². The maximum atomic E-state index is 13.5. The van der Waals surface area contributed by atoms with Crippen LogP contribution in [0.2, 0.25) is 0 Å². The zero-order valence-electron chi connectivity index (χ0n) is 10.7. The molecule has 2 aromatic rings. The van der Waals surface area contributed by atoms with Gasteiger partial charge in [-0.2, -0.15) is 0 Å². The summed E-state index contributed by atoms with van der Waals surface area (Å²) in [5.41, 5.74) is 0.288. The van der Waals surface area contributed by atoms with Crippen LogP contribution in [0.4, 0.5) is 10.1 Å². The normalized spacial score (nSPS) is 10.3. The van der Waals surface area contributed by atoms with E-state index < -0.39 is 16.7 Å². The smallest absolute Gasteiger partial charge is 0.338 e. The number of carboxylic acid groups (broad SMARTS) is 1. The Kier molecular flexibility index (Phi) is 4.54. The molecule has 2 aromatic carbocycles. The van der Waals surface area contributed by atoms with Crippen molar-refractivity contribution < 1.29 is 19.2 Å². The first-order valence-electron chi connectivity index (χ1n) is 5.86. The SMILES string of the molecule is O=C(O)c1ccc(CSc2ccc([N+](=O)[O-])cc2)cc1F. The Labute approximate surface area is 123 Å². The second kappa shape index (κ2) is 6.36. The quantitative estimate of drug-likeness (QED) is 0.517. The number of carboxylic acids is 1. The molecule has 0 saturated carbocycles.